The Morgan fingerprint density at radius 2 is 1.62 bits per heavy atom. The van der Waals surface area contributed by atoms with Crippen molar-refractivity contribution >= 4 is 11.8 Å². The van der Waals surface area contributed by atoms with Crippen LogP contribution in [-0.4, -0.2) is 23.8 Å². The molecule has 0 aliphatic rings. The average Bonchev–Trinajstić information content (AvgIpc) is 2.65. The molecule has 0 N–H and O–H groups in total. The van der Waals surface area contributed by atoms with Crippen molar-refractivity contribution in [3.8, 4) is 11.3 Å². The zero-order chi connectivity index (χ0) is 17.2. The van der Waals surface area contributed by atoms with Gasteiger partial charge in [-0.15, -0.1) is 0 Å². The number of rotatable bonds is 9. The lowest BCUT2D eigenvalue weighted by molar-refractivity contribution is -0.140. The molecule has 0 aliphatic heterocycles. The second-order valence-electron chi connectivity index (χ2n) is 5.71. The number of pyridine rings is 1. The number of esters is 1. The number of Topliss-reactive ketones (excluding diaryl/α,β-unsaturated/α-hetero) is 1. The Kier molecular flexibility index (Phi) is 7.15. The molecule has 0 saturated heterocycles. The van der Waals surface area contributed by atoms with Crippen molar-refractivity contribution < 1.29 is 14.3 Å². The molecule has 0 saturated carbocycles. The Balaban J connectivity index is 1.74. The minimum atomic E-state index is -0.171. The molecular formula is C20H23NO3. The summed E-state index contributed by atoms with van der Waals surface area (Å²) in [5, 5.41) is 0. The lowest BCUT2D eigenvalue weighted by atomic mass is 10.0. The standard InChI is InChI=1S/C20H23NO3/c1-24-20(23)12-8-3-2-7-11-19(22)17-13-14-18(21-15-17)16-9-5-4-6-10-16/h4-6,9-10,13-15H,2-3,7-8,11-12H2,1H3. The van der Waals surface area contributed by atoms with E-state index in [1.54, 1.807) is 6.20 Å². The molecule has 4 heteroatoms. The molecule has 0 aliphatic carbocycles. The highest BCUT2D eigenvalue weighted by atomic mass is 16.5. The highest BCUT2D eigenvalue weighted by molar-refractivity contribution is 5.95. The number of hydrogen-bond acceptors (Lipinski definition) is 4. The fraction of sp³-hybridized carbons (Fsp3) is 0.350. The van der Waals surface area contributed by atoms with Crippen LogP contribution < -0.4 is 0 Å². The number of nitrogens with zero attached hydrogens (tertiary/aromatic N) is 1. The van der Waals surface area contributed by atoms with E-state index in [1.165, 1.54) is 7.11 Å². The third-order valence-electron chi connectivity index (χ3n) is 3.92. The summed E-state index contributed by atoms with van der Waals surface area (Å²) in [4.78, 5) is 27.5. The molecule has 0 bridgehead atoms. The van der Waals surface area contributed by atoms with Crippen LogP contribution in [-0.2, 0) is 9.53 Å². The van der Waals surface area contributed by atoms with Crippen molar-refractivity contribution in [2.75, 3.05) is 7.11 Å². The van der Waals surface area contributed by atoms with E-state index in [-0.39, 0.29) is 11.8 Å². The predicted molar refractivity (Wildman–Crippen MR) is 93.7 cm³/mol. The van der Waals surface area contributed by atoms with Gasteiger partial charge in [-0.05, 0) is 25.0 Å². The number of hydrogen-bond donors (Lipinski definition) is 0. The smallest absolute Gasteiger partial charge is 0.305 e. The van der Waals surface area contributed by atoms with E-state index in [4.69, 9.17) is 0 Å². The Hall–Kier alpha value is -2.49. The minimum absolute atomic E-state index is 0.120. The van der Waals surface area contributed by atoms with Crippen LogP contribution in [0.25, 0.3) is 11.3 Å². The van der Waals surface area contributed by atoms with Gasteiger partial charge in [0, 0.05) is 30.2 Å². The van der Waals surface area contributed by atoms with E-state index >= 15 is 0 Å². The van der Waals surface area contributed by atoms with E-state index in [1.807, 2.05) is 42.5 Å². The van der Waals surface area contributed by atoms with Gasteiger partial charge in [0.05, 0.1) is 12.8 Å². The van der Waals surface area contributed by atoms with Crippen molar-refractivity contribution in [2.45, 2.75) is 38.5 Å². The van der Waals surface area contributed by atoms with Crippen molar-refractivity contribution in [1.29, 1.82) is 0 Å². The molecule has 24 heavy (non-hydrogen) atoms. The van der Waals surface area contributed by atoms with Crippen LogP contribution >= 0.6 is 0 Å². The van der Waals surface area contributed by atoms with Gasteiger partial charge in [-0.1, -0.05) is 43.2 Å². The minimum Gasteiger partial charge on any atom is -0.469 e. The first-order valence-corrected chi connectivity index (χ1v) is 8.32. The molecule has 126 valence electrons. The lowest BCUT2D eigenvalue weighted by Crippen LogP contribution is -2.01. The molecule has 2 rings (SSSR count). The summed E-state index contributed by atoms with van der Waals surface area (Å²) in [6.45, 7) is 0. The van der Waals surface area contributed by atoms with Gasteiger partial charge in [0.25, 0.3) is 0 Å². The van der Waals surface area contributed by atoms with Gasteiger partial charge in [-0.3, -0.25) is 14.6 Å². The van der Waals surface area contributed by atoms with Crippen LogP contribution in [0.1, 0.15) is 48.9 Å². The van der Waals surface area contributed by atoms with Gasteiger partial charge in [0.2, 0.25) is 0 Å². The van der Waals surface area contributed by atoms with Crippen LogP contribution in [0.4, 0.5) is 0 Å². The van der Waals surface area contributed by atoms with Gasteiger partial charge in [-0.2, -0.15) is 0 Å². The number of unbranched alkanes of at least 4 members (excludes halogenated alkanes) is 3. The van der Waals surface area contributed by atoms with Gasteiger partial charge in [0.1, 0.15) is 0 Å². The number of ketones is 1. The molecule has 4 nitrogen and oxygen atoms in total. The largest absolute Gasteiger partial charge is 0.469 e. The van der Waals surface area contributed by atoms with E-state index in [0.29, 0.717) is 18.4 Å². The summed E-state index contributed by atoms with van der Waals surface area (Å²) >= 11 is 0. The molecule has 1 heterocycles. The fourth-order valence-corrected chi connectivity index (χ4v) is 2.49. The highest BCUT2D eigenvalue weighted by Crippen LogP contribution is 2.17. The zero-order valence-electron chi connectivity index (χ0n) is 14.0. The normalized spacial score (nSPS) is 10.4. The molecule has 1 aromatic heterocycles. The zero-order valence-corrected chi connectivity index (χ0v) is 14.0. The molecule has 0 radical (unpaired) electrons. The maximum absolute atomic E-state index is 12.2. The van der Waals surface area contributed by atoms with Crippen LogP contribution in [0.5, 0.6) is 0 Å². The van der Waals surface area contributed by atoms with Gasteiger partial charge < -0.3 is 4.74 Å². The maximum Gasteiger partial charge on any atom is 0.305 e. The average molecular weight is 325 g/mol. The highest BCUT2D eigenvalue weighted by Gasteiger charge is 2.07. The second kappa shape index (κ2) is 9.60. The Bertz CT molecular complexity index is 650. The summed E-state index contributed by atoms with van der Waals surface area (Å²) in [7, 11) is 1.40. The number of ether oxygens (including phenoxy) is 1. The monoisotopic (exact) mass is 325 g/mol. The summed E-state index contributed by atoms with van der Waals surface area (Å²) in [5.74, 6) is -0.0502. The van der Waals surface area contributed by atoms with E-state index < -0.39 is 0 Å². The van der Waals surface area contributed by atoms with Crippen molar-refractivity contribution in [2.24, 2.45) is 0 Å². The summed E-state index contributed by atoms with van der Waals surface area (Å²) in [6, 6.07) is 13.6. The first kappa shape index (κ1) is 17.9. The van der Waals surface area contributed by atoms with E-state index in [0.717, 1.165) is 36.9 Å². The number of carbonyl (C=O) groups excluding carboxylic acids is 2. The Morgan fingerprint density at radius 3 is 2.25 bits per heavy atom. The van der Waals surface area contributed by atoms with Crippen molar-refractivity contribution in [3.63, 3.8) is 0 Å². The SMILES string of the molecule is COC(=O)CCCCCCC(=O)c1ccc(-c2ccccc2)nc1. The molecular weight excluding hydrogens is 302 g/mol. The maximum atomic E-state index is 12.2. The summed E-state index contributed by atoms with van der Waals surface area (Å²) in [6.07, 6.45) is 6.16. The van der Waals surface area contributed by atoms with Crippen molar-refractivity contribution in [3.05, 3.63) is 54.2 Å². The number of methoxy groups -OCH3 is 1. The third-order valence-corrected chi connectivity index (χ3v) is 3.92. The molecule has 0 unspecified atom stereocenters. The number of aromatic nitrogens is 1. The van der Waals surface area contributed by atoms with Gasteiger partial charge >= 0.3 is 5.97 Å². The number of benzene rings is 1. The third kappa shape index (κ3) is 5.61. The number of carbonyl (C=O) groups is 2. The van der Waals surface area contributed by atoms with Crippen LogP contribution in [0.15, 0.2) is 48.7 Å². The van der Waals surface area contributed by atoms with Gasteiger partial charge in [0.15, 0.2) is 5.78 Å². The lowest BCUT2D eigenvalue weighted by Gasteiger charge is -2.04. The summed E-state index contributed by atoms with van der Waals surface area (Å²) < 4.78 is 4.59. The quantitative estimate of drug-likeness (QED) is 0.388. The molecule has 1 aromatic carbocycles. The molecule has 2 aromatic rings. The Morgan fingerprint density at radius 1 is 0.917 bits per heavy atom. The van der Waals surface area contributed by atoms with Crippen LogP contribution in [0.2, 0.25) is 0 Å². The predicted octanol–water partition coefficient (Wildman–Crippen LogP) is 4.44. The fourth-order valence-electron chi connectivity index (χ4n) is 2.49. The second-order valence-corrected chi connectivity index (χ2v) is 5.71. The van der Waals surface area contributed by atoms with E-state index in [9.17, 15) is 9.59 Å². The van der Waals surface area contributed by atoms with Gasteiger partial charge in [-0.25, -0.2) is 0 Å². The van der Waals surface area contributed by atoms with Crippen LogP contribution in [0.3, 0.4) is 0 Å². The van der Waals surface area contributed by atoms with Crippen molar-refractivity contribution in [1.82, 2.24) is 4.98 Å². The van der Waals surface area contributed by atoms with E-state index in [2.05, 4.69) is 9.72 Å². The molecule has 0 amide bonds. The van der Waals surface area contributed by atoms with Crippen LogP contribution in [0, 0.1) is 0 Å². The molecule has 0 spiro atoms. The Labute approximate surface area is 142 Å². The molecule has 0 fully saturated rings. The summed E-state index contributed by atoms with van der Waals surface area (Å²) in [5.41, 5.74) is 2.57. The topological polar surface area (TPSA) is 56.3 Å². The first-order valence-electron chi connectivity index (χ1n) is 8.32. The molecule has 0 atom stereocenters. The first-order chi connectivity index (χ1) is 11.7.